The fourth-order valence-corrected chi connectivity index (χ4v) is 4.45. The predicted molar refractivity (Wildman–Crippen MR) is 126 cm³/mol. The van der Waals surface area contributed by atoms with Gasteiger partial charge in [0.2, 0.25) is 0 Å². The Morgan fingerprint density at radius 3 is 2.20 bits per heavy atom. The summed E-state index contributed by atoms with van der Waals surface area (Å²) in [5.74, 6) is 0.946. The van der Waals surface area contributed by atoms with Crippen LogP contribution >= 0.6 is 0 Å². The van der Waals surface area contributed by atoms with Gasteiger partial charge in [0.1, 0.15) is 5.75 Å². The molecule has 5 rings (SSSR count). The lowest BCUT2D eigenvalue weighted by Crippen LogP contribution is -1.96. The summed E-state index contributed by atoms with van der Waals surface area (Å²) >= 11 is 0. The highest BCUT2D eigenvalue weighted by atomic mass is 16.5. The number of benzene rings is 4. The summed E-state index contributed by atoms with van der Waals surface area (Å²) in [7, 11) is 0. The average molecular weight is 391 g/mol. The molecule has 0 unspecified atom stereocenters. The number of fused-ring (bicyclic) bond motifs is 3. The maximum Gasteiger partial charge on any atom is 0.119 e. The zero-order valence-corrected chi connectivity index (χ0v) is 17.4. The van der Waals surface area contributed by atoms with Crippen LogP contribution < -0.4 is 4.74 Å². The van der Waals surface area contributed by atoms with E-state index in [1.807, 2.05) is 0 Å². The van der Waals surface area contributed by atoms with E-state index in [1.54, 1.807) is 0 Å². The highest BCUT2D eigenvalue weighted by molar-refractivity contribution is 5.93. The Bertz CT molecular complexity index is 1160. The average Bonchev–Trinajstić information content (AvgIpc) is 3.18. The van der Waals surface area contributed by atoms with Crippen molar-refractivity contribution < 1.29 is 4.74 Å². The van der Waals surface area contributed by atoms with Gasteiger partial charge in [-0.2, -0.15) is 0 Å². The molecule has 0 radical (unpaired) electrons. The van der Waals surface area contributed by atoms with Gasteiger partial charge in [0.25, 0.3) is 0 Å². The molecular weight excluding hydrogens is 364 g/mol. The largest absolute Gasteiger partial charge is 0.494 e. The summed E-state index contributed by atoms with van der Waals surface area (Å²) in [4.78, 5) is 0. The maximum atomic E-state index is 5.87. The van der Waals surface area contributed by atoms with E-state index in [2.05, 4.69) is 97.9 Å². The predicted octanol–water partition coefficient (Wildman–Crippen LogP) is 7.77. The molecule has 0 fully saturated rings. The fraction of sp³-hybridized carbons (Fsp3) is 0.172. The minimum Gasteiger partial charge on any atom is -0.494 e. The number of ether oxygens (including phenoxy) is 1. The molecule has 0 saturated carbocycles. The summed E-state index contributed by atoms with van der Waals surface area (Å²) < 4.78 is 5.87. The van der Waals surface area contributed by atoms with Gasteiger partial charge in [0.05, 0.1) is 6.61 Å². The van der Waals surface area contributed by atoms with Crippen LogP contribution in [0.5, 0.6) is 5.75 Å². The topological polar surface area (TPSA) is 9.23 Å². The van der Waals surface area contributed by atoms with Crippen molar-refractivity contribution in [2.75, 3.05) is 6.61 Å². The molecule has 0 atom stereocenters. The summed E-state index contributed by atoms with van der Waals surface area (Å²) in [6, 6.07) is 32.8. The fourth-order valence-electron chi connectivity index (χ4n) is 4.45. The van der Waals surface area contributed by atoms with Crippen LogP contribution in [0.2, 0.25) is 0 Å². The monoisotopic (exact) mass is 390 g/mol. The lowest BCUT2D eigenvalue weighted by molar-refractivity contribution is 0.309. The first-order valence-corrected chi connectivity index (χ1v) is 10.9. The summed E-state index contributed by atoms with van der Waals surface area (Å²) in [5.41, 5.74) is 10.7. The lowest BCUT2D eigenvalue weighted by atomic mass is 9.88. The summed E-state index contributed by atoms with van der Waals surface area (Å²) in [5, 5.41) is 0. The van der Waals surface area contributed by atoms with Gasteiger partial charge >= 0.3 is 0 Å². The molecule has 0 amide bonds. The molecule has 0 aliphatic heterocycles. The number of rotatable bonds is 6. The Morgan fingerprint density at radius 2 is 1.40 bits per heavy atom. The van der Waals surface area contributed by atoms with Crippen LogP contribution in [-0.4, -0.2) is 6.61 Å². The molecule has 1 heteroatoms. The van der Waals surface area contributed by atoms with Crippen molar-refractivity contribution in [2.45, 2.75) is 26.2 Å². The molecule has 0 saturated heterocycles. The van der Waals surface area contributed by atoms with Crippen LogP contribution in [0, 0.1) is 0 Å². The van der Waals surface area contributed by atoms with Crippen LogP contribution in [0.15, 0.2) is 91.0 Å². The van der Waals surface area contributed by atoms with Crippen LogP contribution in [-0.2, 0) is 6.42 Å². The molecule has 0 spiro atoms. The smallest absolute Gasteiger partial charge is 0.119 e. The van der Waals surface area contributed by atoms with E-state index in [0.29, 0.717) is 0 Å². The van der Waals surface area contributed by atoms with E-state index in [4.69, 9.17) is 4.74 Å². The molecule has 30 heavy (non-hydrogen) atoms. The minimum absolute atomic E-state index is 0.780. The third kappa shape index (κ3) is 3.41. The highest BCUT2D eigenvalue weighted by Gasteiger charge is 2.23. The Labute approximate surface area is 179 Å². The first kappa shape index (κ1) is 18.7. The normalized spacial score (nSPS) is 11.8. The van der Waals surface area contributed by atoms with Crippen molar-refractivity contribution in [3.05, 3.63) is 102 Å². The second kappa shape index (κ2) is 8.20. The van der Waals surface area contributed by atoms with Crippen LogP contribution in [0.25, 0.3) is 33.4 Å². The Balaban J connectivity index is 1.60. The molecule has 148 valence electrons. The molecule has 0 aromatic heterocycles. The van der Waals surface area contributed by atoms with E-state index in [9.17, 15) is 0 Å². The Kier molecular flexibility index (Phi) is 5.11. The first-order valence-electron chi connectivity index (χ1n) is 10.9. The minimum atomic E-state index is 0.780. The summed E-state index contributed by atoms with van der Waals surface area (Å²) in [6.45, 7) is 2.96. The Hall–Kier alpha value is -3.32. The number of hydrogen-bond acceptors (Lipinski definition) is 1. The van der Waals surface area contributed by atoms with E-state index in [1.165, 1.54) is 44.5 Å². The van der Waals surface area contributed by atoms with E-state index in [0.717, 1.165) is 31.6 Å². The lowest BCUT2D eigenvalue weighted by Gasteiger charge is -2.16. The van der Waals surface area contributed by atoms with Gasteiger partial charge in [-0.25, -0.2) is 0 Å². The van der Waals surface area contributed by atoms with Crippen LogP contribution in [0.3, 0.4) is 0 Å². The van der Waals surface area contributed by atoms with Crippen LogP contribution in [0.4, 0.5) is 0 Å². The quantitative estimate of drug-likeness (QED) is 0.269. The molecule has 1 aliphatic rings. The van der Waals surface area contributed by atoms with E-state index >= 15 is 0 Å². The first-order chi connectivity index (χ1) is 14.8. The van der Waals surface area contributed by atoms with Gasteiger partial charge in [-0.1, -0.05) is 92.2 Å². The number of hydrogen-bond donors (Lipinski definition) is 0. The molecule has 4 aromatic carbocycles. The second-order valence-corrected chi connectivity index (χ2v) is 7.94. The van der Waals surface area contributed by atoms with Gasteiger partial charge < -0.3 is 4.74 Å². The second-order valence-electron chi connectivity index (χ2n) is 7.94. The standard InChI is InChI=1S/C29H26O/c1-2-3-19-30-24-15-13-21(14-16-24)26-17-18-27-25-12-8-7-11-23(25)20-28(27)29(26)22-9-5-4-6-10-22/h4-18H,2-3,19-20H2,1H3. The van der Waals surface area contributed by atoms with Crippen molar-refractivity contribution in [3.63, 3.8) is 0 Å². The van der Waals surface area contributed by atoms with Gasteiger partial charge in [-0.3, -0.25) is 0 Å². The summed E-state index contributed by atoms with van der Waals surface area (Å²) in [6.07, 6.45) is 3.23. The molecule has 1 aliphatic carbocycles. The van der Waals surface area contributed by atoms with Gasteiger partial charge in [0.15, 0.2) is 0 Å². The molecule has 1 nitrogen and oxygen atoms in total. The van der Waals surface area contributed by atoms with Crippen molar-refractivity contribution in [3.8, 4) is 39.1 Å². The van der Waals surface area contributed by atoms with Gasteiger partial charge in [0, 0.05) is 0 Å². The third-order valence-corrected chi connectivity index (χ3v) is 5.98. The molecular formula is C29H26O. The molecule has 0 bridgehead atoms. The van der Waals surface area contributed by atoms with Gasteiger partial charge in [-0.15, -0.1) is 0 Å². The highest BCUT2D eigenvalue weighted by Crippen LogP contribution is 2.45. The van der Waals surface area contributed by atoms with Gasteiger partial charge in [-0.05, 0) is 69.5 Å². The van der Waals surface area contributed by atoms with E-state index in [-0.39, 0.29) is 0 Å². The number of unbranched alkanes of at least 4 members (excludes halogenated alkanes) is 1. The molecule has 4 aromatic rings. The van der Waals surface area contributed by atoms with E-state index < -0.39 is 0 Å². The van der Waals surface area contributed by atoms with Crippen molar-refractivity contribution in [1.82, 2.24) is 0 Å². The van der Waals surface area contributed by atoms with Crippen molar-refractivity contribution in [2.24, 2.45) is 0 Å². The maximum absolute atomic E-state index is 5.87. The zero-order chi connectivity index (χ0) is 20.3. The molecule has 0 heterocycles. The Morgan fingerprint density at radius 1 is 0.667 bits per heavy atom. The molecule has 0 N–H and O–H groups in total. The zero-order valence-electron chi connectivity index (χ0n) is 17.4. The third-order valence-electron chi connectivity index (χ3n) is 5.98. The van der Waals surface area contributed by atoms with Crippen LogP contribution in [0.1, 0.15) is 30.9 Å². The van der Waals surface area contributed by atoms with Crippen molar-refractivity contribution in [1.29, 1.82) is 0 Å². The SMILES string of the molecule is CCCCOc1ccc(-c2ccc3c(c2-c2ccccc2)Cc2ccccc2-3)cc1. The van der Waals surface area contributed by atoms with Crippen molar-refractivity contribution >= 4 is 0 Å².